The fourth-order valence-electron chi connectivity index (χ4n) is 2.46. The van der Waals surface area contributed by atoms with Crippen LogP contribution in [0.2, 0.25) is 0 Å². The molecule has 1 saturated carbocycles. The molecule has 4 heteroatoms. The highest BCUT2D eigenvalue weighted by atomic mass is 19.3. The molecule has 0 heterocycles. The van der Waals surface area contributed by atoms with E-state index in [4.69, 9.17) is 5.73 Å². The fraction of sp³-hybridized carbons (Fsp3) is 1.00. The van der Waals surface area contributed by atoms with Crippen LogP contribution in [0.4, 0.5) is 8.78 Å². The highest BCUT2D eigenvalue weighted by Crippen LogP contribution is 2.45. The first-order chi connectivity index (χ1) is 6.43. The van der Waals surface area contributed by atoms with Crippen molar-refractivity contribution in [3.05, 3.63) is 0 Å². The normalized spacial score (nSPS) is 31.3. The lowest BCUT2D eigenvalue weighted by Gasteiger charge is -2.41. The Kier molecular flexibility index (Phi) is 3.48. The molecule has 0 spiro atoms. The van der Waals surface area contributed by atoms with Gasteiger partial charge in [0.25, 0.3) is 6.43 Å². The average molecular weight is 206 g/mol. The lowest BCUT2D eigenvalue weighted by molar-refractivity contribution is 0.0989. The van der Waals surface area contributed by atoms with E-state index in [9.17, 15) is 8.78 Å². The standard InChI is InChI=1S/C10H20F2N2/c1-9(2)4-3-5-10(9,7-13)14-6-8(11)12/h8,14H,3-7,13H2,1-2H3. The number of alkyl halides is 2. The zero-order valence-electron chi connectivity index (χ0n) is 8.95. The van der Waals surface area contributed by atoms with Crippen molar-refractivity contribution in [1.29, 1.82) is 0 Å². The number of hydrogen-bond donors (Lipinski definition) is 2. The molecule has 1 atom stereocenters. The molecule has 1 rings (SSSR count). The maximum absolute atomic E-state index is 12.1. The Morgan fingerprint density at radius 2 is 2.00 bits per heavy atom. The van der Waals surface area contributed by atoms with Crippen molar-refractivity contribution >= 4 is 0 Å². The number of halogens is 2. The van der Waals surface area contributed by atoms with E-state index in [1.807, 2.05) is 0 Å². The van der Waals surface area contributed by atoms with Crippen LogP contribution in [0.3, 0.4) is 0 Å². The Morgan fingerprint density at radius 3 is 2.36 bits per heavy atom. The van der Waals surface area contributed by atoms with Crippen molar-refractivity contribution in [2.24, 2.45) is 11.1 Å². The topological polar surface area (TPSA) is 38.0 Å². The third-order valence-electron chi connectivity index (χ3n) is 3.64. The Hall–Kier alpha value is -0.220. The quantitative estimate of drug-likeness (QED) is 0.735. The summed E-state index contributed by atoms with van der Waals surface area (Å²) in [5.74, 6) is 0. The first kappa shape index (κ1) is 11.9. The highest BCUT2D eigenvalue weighted by Gasteiger charge is 2.47. The van der Waals surface area contributed by atoms with Gasteiger partial charge in [-0.15, -0.1) is 0 Å². The van der Waals surface area contributed by atoms with Gasteiger partial charge in [-0.2, -0.15) is 0 Å². The minimum absolute atomic E-state index is 0.0244. The summed E-state index contributed by atoms with van der Waals surface area (Å²) in [6.07, 6.45) is 0.735. The van der Waals surface area contributed by atoms with Gasteiger partial charge in [0.2, 0.25) is 0 Å². The molecule has 14 heavy (non-hydrogen) atoms. The molecule has 1 aliphatic carbocycles. The Bertz CT molecular complexity index is 195. The van der Waals surface area contributed by atoms with Gasteiger partial charge < -0.3 is 11.1 Å². The highest BCUT2D eigenvalue weighted by molar-refractivity contribution is 5.05. The fourth-order valence-corrected chi connectivity index (χ4v) is 2.46. The summed E-state index contributed by atoms with van der Waals surface area (Å²) in [6.45, 7) is 4.39. The summed E-state index contributed by atoms with van der Waals surface area (Å²) in [5.41, 5.74) is 5.46. The SMILES string of the molecule is CC1(C)CCCC1(CN)NCC(F)F. The molecule has 3 N–H and O–H groups in total. The molecule has 1 fully saturated rings. The predicted molar refractivity (Wildman–Crippen MR) is 53.4 cm³/mol. The van der Waals surface area contributed by atoms with Gasteiger partial charge >= 0.3 is 0 Å². The summed E-state index contributed by atoms with van der Waals surface area (Å²) in [4.78, 5) is 0. The molecular weight excluding hydrogens is 186 g/mol. The number of rotatable bonds is 4. The van der Waals surface area contributed by atoms with E-state index in [0.29, 0.717) is 6.54 Å². The van der Waals surface area contributed by atoms with Crippen LogP contribution in [0.25, 0.3) is 0 Å². The van der Waals surface area contributed by atoms with Crippen molar-refractivity contribution in [3.63, 3.8) is 0 Å². The molecule has 0 aromatic heterocycles. The number of hydrogen-bond acceptors (Lipinski definition) is 2. The zero-order valence-corrected chi connectivity index (χ0v) is 8.95. The molecule has 0 aromatic carbocycles. The monoisotopic (exact) mass is 206 g/mol. The molecule has 1 unspecified atom stereocenters. The third-order valence-corrected chi connectivity index (χ3v) is 3.64. The van der Waals surface area contributed by atoms with E-state index in [1.54, 1.807) is 0 Å². The van der Waals surface area contributed by atoms with E-state index in [1.165, 1.54) is 0 Å². The van der Waals surface area contributed by atoms with Crippen LogP contribution in [-0.2, 0) is 0 Å². The first-order valence-electron chi connectivity index (χ1n) is 5.17. The molecule has 2 nitrogen and oxygen atoms in total. The van der Waals surface area contributed by atoms with Gasteiger partial charge in [-0.05, 0) is 18.3 Å². The van der Waals surface area contributed by atoms with Crippen molar-refractivity contribution < 1.29 is 8.78 Å². The summed E-state index contributed by atoms with van der Waals surface area (Å²) >= 11 is 0. The molecule has 0 aromatic rings. The second-order valence-electron chi connectivity index (χ2n) is 4.80. The third kappa shape index (κ3) is 2.06. The van der Waals surface area contributed by atoms with Crippen molar-refractivity contribution in [2.75, 3.05) is 13.1 Å². The first-order valence-corrected chi connectivity index (χ1v) is 5.17. The molecule has 0 radical (unpaired) electrons. The maximum atomic E-state index is 12.1. The second-order valence-corrected chi connectivity index (χ2v) is 4.80. The molecular formula is C10H20F2N2. The largest absolute Gasteiger partial charge is 0.329 e. The summed E-state index contributed by atoms with van der Waals surface area (Å²) in [5, 5.41) is 2.96. The molecule has 0 bridgehead atoms. The van der Waals surface area contributed by atoms with Crippen molar-refractivity contribution in [1.82, 2.24) is 5.32 Å². The van der Waals surface area contributed by atoms with Crippen molar-refractivity contribution in [3.8, 4) is 0 Å². The van der Waals surface area contributed by atoms with Gasteiger partial charge in [0.1, 0.15) is 0 Å². The Morgan fingerprint density at radius 1 is 1.36 bits per heavy atom. The zero-order chi connectivity index (χ0) is 10.8. The molecule has 0 amide bonds. The summed E-state index contributed by atoms with van der Waals surface area (Å²) < 4.78 is 24.3. The van der Waals surface area contributed by atoms with Crippen LogP contribution < -0.4 is 11.1 Å². The Labute approximate surface area is 84.2 Å². The van der Waals surface area contributed by atoms with Crippen LogP contribution in [0, 0.1) is 5.41 Å². The lowest BCUT2D eigenvalue weighted by Crippen LogP contribution is -2.58. The average Bonchev–Trinajstić information content (AvgIpc) is 2.38. The number of nitrogens with one attached hydrogen (secondary N) is 1. The van der Waals surface area contributed by atoms with Gasteiger partial charge in [0.15, 0.2) is 0 Å². The second kappa shape index (κ2) is 4.11. The minimum Gasteiger partial charge on any atom is -0.329 e. The van der Waals surface area contributed by atoms with Crippen LogP contribution in [0.5, 0.6) is 0 Å². The predicted octanol–water partition coefficient (Wildman–Crippen LogP) is 1.75. The van der Waals surface area contributed by atoms with Crippen LogP contribution in [-0.4, -0.2) is 25.1 Å². The van der Waals surface area contributed by atoms with Gasteiger partial charge in [0, 0.05) is 12.1 Å². The van der Waals surface area contributed by atoms with Gasteiger partial charge in [-0.25, -0.2) is 8.78 Å². The van der Waals surface area contributed by atoms with E-state index >= 15 is 0 Å². The molecule has 0 aliphatic heterocycles. The van der Waals surface area contributed by atoms with Crippen LogP contribution >= 0.6 is 0 Å². The van der Waals surface area contributed by atoms with Gasteiger partial charge in [-0.3, -0.25) is 0 Å². The maximum Gasteiger partial charge on any atom is 0.250 e. The molecule has 1 aliphatic rings. The smallest absolute Gasteiger partial charge is 0.250 e. The Balaban J connectivity index is 2.66. The molecule has 0 saturated heterocycles. The lowest BCUT2D eigenvalue weighted by atomic mass is 9.75. The van der Waals surface area contributed by atoms with Gasteiger partial charge in [0.05, 0.1) is 6.54 Å². The minimum atomic E-state index is -2.30. The summed E-state index contributed by atoms with van der Waals surface area (Å²) in [7, 11) is 0. The number of nitrogens with two attached hydrogens (primary N) is 1. The van der Waals surface area contributed by atoms with Crippen LogP contribution in [0.1, 0.15) is 33.1 Å². The summed E-state index contributed by atoms with van der Waals surface area (Å²) in [6, 6.07) is 0. The van der Waals surface area contributed by atoms with E-state index in [-0.39, 0.29) is 17.5 Å². The molecule has 84 valence electrons. The van der Waals surface area contributed by atoms with E-state index in [0.717, 1.165) is 19.3 Å². The van der Waals surface area contributed by atoms with Gasteiger partial charge in [-0.1, -0.05) is 20.3 Å². The van der Waals surface area contributed by atoms with E-state index in [2.05, 4.69) is 19.2 Å². The van der Waals surface area contributed by atoms with Crippen LogP contribution in [0.15, 0.2) is 0 Å². The van der Waals surface area contributed by atoms with E-state index < -0.39 is 6.43 Å². The van der Waals surface area contributed by atoms with Crippen molar-refractivity contribution in [2.45, 2.75) is 45.1 Å².